The van der Waals surface area contributed by atoms with Gasteiger partial charge in [-0.15, -0.1) is 0 Å². The number of carboxylic acid groups (broad SMARTS) is 1. The van der Waals surface area contributed by atoms with E-state index in [-0.39, 0.29) is 24.4 Å². The van der Waals surface area contributed by atoms with E-state index in [9.17, 15) is 9.59 Å². The van der Waals surface area contributed by atoms with Crippen LogP contribution in [0.4, 0.5) is 0 Å². The Morgan fingerprint density at radius 2 is 1.94 bits per heavy atom. The van der Waals surface area contributed by atoms with E-state index in [4.69, 9.17) is 5.11 Å². The molecule has 5 heteroatoms. The molecule has 1 N–H and O–H groups in total. The lowest BCUT2D eigenvalue weighted by molar-refractivity contribution is -0.147. The molecule has 1 aliphatic carbocycles. The van der Waals surface area contributed by atoms with Crippen molar-refractivity contribution in [3.63, 3.8) is 0 Å². The SMILES string of the molecule is O=C(O)CN(C(=O)C1CCSC1)C1CCCC1. The second kappa shape index (κ2) is 5.76. The molecule has 2 fully saturated rings. The molecule has 1 saturated carbocycles. The van der Waals surface area contributed by atoms with Gasteiger partial charge in [0.1, 0.15) is 6.54 Å². The molecule has 2 rings (SSSR count). The average Bonchev–Trinajstić information content (AvgIpc) is 2.96. The second-order valence-electron chi connectivity index (χ2n) is 4.86. The van der Waals surface area contributed by atoms with Crippen molar-refractivity contribution in [3.8, 4) is 0 Å². The molecule has 1 amide bonds. The Labute approximate surface area is 106 Å². The maximum Gasteiger partial charge on any atom is 0.323 e. The van der Waals surface area contributed by atoms with Crippen LogP contribution in [0.5, 0.6) is 0 Å². The van der Waals surface area contributed by atoms with E-state index in [0.29, 0.717) is 0 Å². The highest BCUT2D eigenvalue weighted by atomic mass is 32.2. The first-order chi connectivity index (χ1) is 8.18. The molecule has 1 saturated heterocycles. The molecule has 0 radical (unpaired) electrons. The molecule has 0 aromatic rings. The van der Waals surface area contributed by atoms with Crippen molar-refractivity contribution < 1.29 is 14.7 Å². The van der Waals surface area contributed by atoms with Gasteiger partial charge in [-0.25, -0.2) is 0 Å². The van der Waals surface area contributed by atoms with Gasteiger partial charge in [0.15, 0.2) is 0 Å². The molecule has 17 heavy (non-hydrogen) atoms. The predicted octanol–water partition coefficient (Wildman–Crippen LogP) is 1.60. The summed E-state index contributed by atoms with van der Waals surface area (Å²) in [5, 5.41) is 8.94. The second-order valence-corrected chi connectivity index (χ2v) is 6.01. The Morgan fingerprint density at radius 3 is 2.47 bits per heavy atom. The Bertz CT molecular complexity index is 296. The average molecular weight is 257 g/mol. The van der Waals surface area contributed by atoms with Crippen LogP contribution < -0.4 is 0 Å². The quantitative estimate of drug-likeness (QED) is 0.831. The Hall–Kier alpha value is -0.710. The van der Waals surface area contributed by atoms with Crippen molar-refractivity contribution in [2.45, 2.75) is 38.1 Å². The molecular formula is C12H19NO3S. The zero-order chi connectivity index (χ0) is 12.3. The highest BCUT2D eigenvalue weighted by molar-refractivity contribution is 7.99. The topological polar surface area (TPSA) is 57.6 Å². The number of carboxylic acids is 1. The molecule has 0 aromatic heterocycles. The van der Waals surface area contributed by atoms with E-state index >= 15 is 0 Å². The maximum atomic E-state index is 12.3. The Morgan fingerprint density at radius 1 is 1.24 bits per heavy atom. The molecule has 1 atom stereocenters. The minimum atomic E-state index is -0.893. The zero-order valence-corrected chi connectivity index (χ0v) is 10.7. The number of hydrogen-bond acceptors (Lipinski definition) is 3. The number of nitrogens with zero attached hydrogens (tertiary/aromatic N) is 1. The van der Waals surface area contributed by atoms with Gasteiger partial charge in [0.05, 0.1) is 0 Å². The summed E-state index contributed by atoms with van der Waals surface area (Å²) in [4.78, 5) is 24.8. The summed E-state index contributed by atoms with van der Waals surface area (Å²) in [7, 11) is 0. The summed E-state index contributed by atoms with van der Waals surface area (Å²) in [5.41, 5.74) is 0. The van der Waals surface area contributed by atoms with E-state index < -0.39 is 5.97 Å². The van der Waals surface area contributed by atoms with Crippen LogP contribution in [0.2, 0.25) is 0 Å². The third kappa shape index (κ3) is 3.15. The monoisotopic (exact) mass is 257 g/mol. The highest BCUT2D eigenvalue weighted by Crippen LogP contribution is 2.29. The first-order valence-electron chi connectivity index (χ1n) is 6.28. The summed E-state index contributed by atoms with van der Waals surface area (Å²) < 4.78 is 0. The molecule has 0 aromatic carbocycles. The lowest BCUT2D eigenvalue weighted by Crippen LogP contribution is -2.45. The maximum absolute atomic E-state index is 12.3. The lowest BCUT2D eigenvalue weighted by atomic mass is 10.1. The number of carbonyl (C=O) groups excluding carboxylic acids is 1. The number of thioether (sulfide) groups is 1. The summed E-state index contributed by atoms with van der Waals surface area (Å²) >= 11 is 1.79. The molecule has 1 aliphatic heterocycles. The van der Waals surface area contributed by atoms with E-state index in [2.05, 4.69) is 0 Å². The van der Waals surface area contributed by atoms with Crippen molar-refractivity contribution in [1.82, 2.24) is 4.90 Å². The molecule has 0 bridgehead atoms. The number of hydrogen-bond donors (Lipinski definition) is 1. The van der Waals surface area contributed by atoms with Crippen LogP contribution in [-0.4, -0.2) is 46.0 Å². The van der Waals surface area contributed by atoms with Gasteiger partial charge in [-0.3, -0.25) is 9.59 Å². The molecule has 96 valence electrons. The number of aliphatic carboxylic acids is 1. The molecule has 1 unspecified atom stereocenters. The van der Waals surface area contributed by atoms with Crippen LogP contribution in [-0.2, 0) is 9.59 Å². The third-order valence-corrected chi connectivity index (χ3v) is 4.80. The molecule has 0 spiro atoms. The highest BCUT2D eigenvalue weighted by Gasteiger charge is 2.33. The van der Waals surface area contributed by atoms with E-state index in [0.717, 1.165) is 43.6 Å². The van der Waals surface area contributed by atoms with Crippen LogP contribution >= 0.6 is 11.8 Å². The van der Waals surface area contributed by atoms with Gasteiger partial charge in [0.25, 0.3) is 0 Å². The number of amides is 1. The van der Waals surface area contributed by atoms with Crippen molar-refractivity contribution in [2.24, 2.45) is 5.92 Å². The van der Waals surface area contributed by atoms with Gasteiger partial charge >= 0.3 is 5.97 Å². The predicted molar refractivity (Wildman–Crippen MR) is 67.0 cm³/mol. The first kappa shape index (κ1) is 12.7. The van der Waals surface area contributed by atoms with E-state index in [1.807, 2.05) is 0 Å². The molecule has 4 nitrogen and oxygen atoms in total. The number of carbonyl (C=O) groups is 2. The minimum Gasteiger partial charge on any atom is -0.480 e. The lowest BCUT2D eigenvalue weighted by Gasteiger charge is -2.29. The van der Waals surface area contributed by atoms with Crippen LogP contribution in [0, 0.1) is 5.92 Å². The summed E-state index contributed by atoms with van der Waals surface area (Å²) in [6, 6.07) is 0.171. The van der Waals surface area contributed by atoms with Crippen molar-refractivity contribution in [2.75, 3.05) is 18.1 Å². The van der Waals surface area contributed by atoms with Crippen molar-refractivity contribution >= 4 is 23.6 Å². The fourth-order valence-corrected chi connectivity index (χ4v) is 3.92. The van der Waals surface area contributed by atoms with E-state index in [1.54, 1.807) is 16.7 Å². The normalized spacial score (nSPS) is 25.1. The molecule has 1 heterocycles. The fraction of sp³-hybridized carbons (Fsp3) is 0.833. The van der Waals surface area contributed by atoms with Gasteiger partial charge in [-0.2, -0.15) is 11.8 Å². The van der Waals surface area contributed by atoms with Crippen LogP contribution in [0.3, 0.4) is 0 Å². The van der Waals surface area contributed by atoms with Crippen LogP contribution in [0.25, 0.3) is 0 Å². The van der Waals surface area contributed by atoms with Crippen LogP contribution in [0.1, 0.15) is 32.1 Å². The van der Waals surface area contributed by atoms with Gasteiger partial charge in [0, 0.05) is 17.7 Å². The molecule has 2 aliphatic rings. The van der Waals surface area contributed by atoms with Gasteiger partial charge in [-0.1, -0.05) is 12.8 Å². The third-order valence-electron chi connectivity index (χ3n) is 3.63. The van der Waals surface area contributed by atoms with E-state index in [1.165, 1.54) is 0 Å². The number of rotatable bonds is 4. The largest absolute Gasteiger partial charge is 0.480 e. The Balaban J connectivity index is 2.02. The Kier molecular flexibility index (Phi) is 4.31. The standard InChI is InChI=1S/C12H19NO3S/c14-11(15)7-13(10-3-1-2-4-10)12(16)9-5-6-17-8-9/h9-10H,1-8H2,(H,14,15). The molecular weight excluding hydrogens is 238 g/mol. The summed E-state index contributed by atoms with van der Waals surface area (Å²) in [5.74, 6) is 1.13. The fourth-order valence-electron chi connectivity index (χ4n) is 2.71. The van der Waals surface area contributed by atoms with Crippen LogP contribution in [0.15, 0.2) is 0 Å². The first-order valence-corrected chi connectivity index (χ1v) is 7.44. The van der Waals surface area contributed by atoms with Crippen molar-refractivity contribution in [3.05, 3.63) is 0 Å². The summed E-state index contributed by atoms with van der Waals surface area (Å²) in [6.45, 7) is -0.120. The minimum absolute atomic E-state index is 0.0555. The van der Waals surface area contributed by atoms with Crippen molar-refractivity contribution in [1.29, 1.82) is 0 Å². The van der Waals surface area contributed by atoms with Gasteiger partial charge in [-0.05, 0) is 25.0 Å². The smallest absolute Gasteiger partial charge is 0.323 e. The van der Waals surface area contributed by atoms with Gasteiger partial charge in [0.2, 0.25) is 5.91 Å². The summed E-state index contributed by atoms with van der Waals surface area (Å²) in [6.07, 6.45) is 5.09. The zero-order valence-electron chi connectivity index (χ0n) is 9.93. The van der Waals surface area contributed by atoms with Gasteiger partial charge < -0.3 is 10.0 Å².